The van der Waals surface area contributed by atoms with Crippen molar-refractivity contribution in [3.63, 3.8) is 0 Å². The summed E-state index contributed by atoms with van der Waals surface area (Å²) in [6.45, 7) is 34.5. The van der Waals surface area contributed by atoms with Gasteiger partial charge in [0.05, 0.1) is 5.69 Å². The first kappa shape index (κ1) is 55.4. The van der Waals surface area contributed by atoms with Crippen LogP contribution in [0.5, 0.6) is 11.5 Å². The Kier molecular flexibility index (Phi) is 14.0. The average molecular weight is 1250 g/mol. The molecule has 0 amide bonds. The fraction of sp³-hybridized carbons (Fsp3) is 0.270. The van der Waals surface area contributed by atoms with Crippen molar-refractivity contribution < 1.29 is 24.1 Å². The van der Waals surface area contributed by atoms with Crippen molar-refractivity contribution in [1.82, 2.24) is 14.1 Å². The second-order valence-corrected chi connectivity index (χ2v) is 28.1. The van der Waals surface area contributed by atoms with Gasteiger partial charge in [-0.25, -0.2) is 0 Å². The minimum atomic E-state index is -0.131. The zero-order valence-corrected chi connectivity index (χ0v) is 52.2. The Morgan fingerprint density at radius 2 is 0.753 bits per heavy atom. The van der Waals surface area contributed by atoms with E-state index >= 15 is 0 Å². The molecule has 414 valence electrons. The van der Waals surface area contributed by atoms with Crippen LogP contribution < -0.4 is 14.5 Å². The van der Waals surface area contributed by atoms with E-state index in [4.69, 9.17) is 9.72 Å². The predicted molar refractivity (Wildman–Crippen MR) is 337 cm³/mol. The van der Waals surface area contributed by atoms with E-state index in [1.165, 1.54) is 27.8 Å². The van der Waals surface area contributed by atoms with Gasteiger partial charge in [0.25, 0.3) is 0 Å². The quantitative estimate of drug-likeness (QED) is 0.166. The number of para-hydroxylation sites is 5. The zero-order valence-electron chi connectivity index (χ0n) is 49.9. The molecule has 0 saturated carbocycles. The monoisotopic (exact) mass is 1250 g/mol. The van der Waals surface area contributed by atoms with Crippen molar-refractivity contribution in [1.29, 1.82) is 0 Å². The van der Waals surface area contributed by atoms with Crippen LogP contribution in [0.25, 0.3) is 44.7 Å². The van der Waals surface area contributed by atoms with Crippen LogP contribution in [-0.2, 0) is 46.4 Å². The molecule has 0 unspecified atom stereocenters. The third-order valence-corrected chi connectivity index (χ3v) is 16.9. The summed E-state index contributed by atoms with van der Waals surface area (Å²) in [4.78, 5) is 10.1. The molecule has 0 atom stereocenters. The number of fused-ring (bicyclic) bond motifs is 7. The minimum absolute atomic E-state index is 0.0303. The Morgan fingerprint density at radius 1 is 0.333 bits per heavy atom. The van der Waals surface area contributed by atoms with Crippen LogP contribution in [0.1, 0.15) is 132 Å². The van der Waals surface area contributed by atoms with E-state index in [1.54, 1.807) is 0 Å². The summed E-state index contributed by atoms with van der Waals surface area (Å²) in [5.41, 5.74) is 20.0. The van der Waals surface area contributed by atoms with E-state index in [9.17, 15) is 0 Å². The minimum Gasteiger partial charge on any atom is -0.0615 e. The fourth-order valence-electron chi connectivity index (χ4n) is 11.1. The van der Waals surface area contributed by atoms with Gasteiger partial charge in [0.1, 0.15) is 0 Å². The fourth-order valence-corrected chi connectivity index (χ4v) is 12.2. The van der Waals surface area contributed by atoms with Crippen molar-refractivity contribution >= 4 is 45.3 Å². The van der Waals surface area contributed by atoms with Crippen molar-refractivity contribution in [3.05, 3.63) is 226 Å². The third kappa shape index (κ3) is 10.7. The summed E-state index contributed by atoms with van der Waals surface area (Å²) >= 11 is 2.52. The number of imidazole rings is 1. The normalized spacial score (nSPS) is 13.1. The molecule has 1 aliphatic heterocycles. The first-order valence-electron chi connectivity index (χ1n) is 28.5. The molecule has 0 spiro atoms. The van der Waals surface area contributed by atoms with E-state index in [0.29, 0.717) is 5.75 Å². The molecule has 81 heavy (non-hydrogen) atoms. The van der Waals surface area contributed by atoms with Crippen LogP contribution in [0.3, 0.4) is 0 Å². The summed E-state index contributed by atoms with van der Waals surface area (Å²) in [5.74, 6) is 2.25. The average Bonchev–Trinajstić information content (AvgIpc) is 4.01. The van der Waals surface area contributed by atoms with E-state index in [2.05, 4.69) is 330 Å². The number of pyridine rings is 1. The molecule has 11 rings (SSSR count). The molecule has 10 aromatic rings. The number of hydrogen-bond donors (Lipinski definition) is 0. The molecule has 6 nitrogen and oxygen atoms in total. The van der Waals surface area contributed by atoms with Gasteiger partial charge in [-0.05, 0) is 63.3 Å². The van der Waals surface area contributed by atoms with Crippen LogP contribution >= 0.6 is 0 Å². The van der Waals surface area contributed by atoms with Gasteiger partial charge >= 0.3 is 287 Å². The Hall–Kier alpha value is -7.53. The summed E-state index contributed by atoms with van der Waals surface area (Å²) in [6.07, 6.45) is 1.96. The smallest absolute Gasteiger partial charge is 0.0615 e. The molecule has 1 aliphatic rings. The zero-order chi connectivity index (χ0) is 57.6. The maximum atomic E-state index is 7.18. The molecule has 0 aliphatic carbocycles. The number of hydrogen-bond acceptors (Lipinski definition) is 4. The predicted octanol–water partition coefficient (Wildman–Crippen LogP) is 20.8. The van der Waals surface area contributed by atoms with Crippen LogP contribution in [-0.4, -0.2) is 14.1 Å². The van der Waals surface area contributed by atoms with Gasteiger partial charge in [-0.2, -0.15) is 0 Å². The molecule has 8 aromatic carbocycles. The van der Waals surface area contributed by atoms with E-state index in [-0.39, 0.29) is 27.1 Å². The van der Waals surface area contributed by atoms with Gasteiger partial charge in [-0.15, -0.1) is 0 Å². The molecule has 3 heterocycles. The second-order valence-electron chi connectivity index (χ2n) is 27.1. The van der Waals surface area contributed by atoms with Crippen molar-refractivity contribution in [2.24, 2.45) is 0 Å². The molecule has 2 aromatic heterocycles. The number of anilines is 6. The van der Waals surface area contributed by atoms with Crippen LogP contribution in [0.4, 0.5) is 34.3 Å². The number of ether oxygens (including phenoxy) is 1. The molecule has 7 heteroatoms. The maximum absolute atomic E-state index is 7.18. The van der Waals surface area contributed by atoms with E-state index < -0.39 is 0 Å². The summed E-state index contributed by atoms with van der Waals surface area (Å²) in [7, 11) is 0. The van der Waals surface area contributed by atoms with Crippen LogP contribution in [0, 0.1) is 3.80 Å². The molecule has 0 radical (unpaired) electrons. The molecular weight excluding hydrogens is 1170 g/mol. The van der Waals surface area contributed by atoms with Crippen LogP contribution in [0.15, 0.2) is 194 Å². The first-order chi connectivity index (χ1) is 38.2. The van der Waals surface area contributed by atoms with Crippen molar-refractivity contribution in [2.75, 3.05) is 9.80 Å². The summed E-state index contributed by atoms with van der Waals surface area (Å²) in [6, 6.07) is 69.2. The summed E-state index contributed by atoms with van der Waals surface area (Å²) < 4.78 is 13.0. The van der Waals surface area contributed by atoms with Crippen molar-refractivity contribution in [2.45, 2.75) is 131 Å². The van der Waals surface area contributed by atoms with Crippen molar-refractivity contribution in [3.8, 4) is 45.1 Å². The number of aromatic nitrogens is 3. The Morgan fingerprint density at radius 3 is 1.25 bits per heavy atom. The van der Waals surface area contributed by atoms with E-state index in [1.807, 2.05) is 6.20 Å². The van der Waals surface area contributed by atoms with Gasteiger partial charge in [-0.1, -0.05) is 117 Å². The number of benzene rings is 8. The molecule has 0 fully saturated rings. The molecular formula is C74H77N5OPt. The van der Waals surface area contributed by atoms with E-state index in [0.717, 1.165) is 88.5 Å². The van der Waals surface area contributed by atoms with Crippen LogP contribution in [0.2, 0.25) is 0 Å². The number of nitrogens with zero attached hydrogens (tertiary/aromatic N) is 5. The SMILES string of the molecule is CC(C)(C)c1cc(N2c3ccccc3-c3ccccc3N(c3cc(C(C)(C)C)ccn3)c3cc(Oc4cccc(-n5[c](=[Pt])n(-c6cc(C(C)(C)C)cc(C(C)(C)C)c6)c6ccccc65)c4)ccc3-c3ccccc32)cc(C(C)(C)C)c1. The van der Waals surface area contributed by atoms with Gasteiger partial charge in [0.2, 0.25) is 0 Å². The molecule has 0 N–H and O–H groups in total. The Balaban J connectivity index is 1.13. The van der Waals surface area contributed by atoms with Gasteiger partial charge in [-0.3, -0.25) is 0 Å². The standard InChI is InChI=1S/C74H77N5O.Pt/c1-70(2,3)49-37-38-75-69(45-49)79-65-32-21-18-28-60(65)59-27-16-19-30-63(59)78(56-43-52(73(10,11)12)40-53(44-56)74(13,14)15)64-31-20-17-29-61(64)62-36-35-58(47-68(62)79)80-57-26-24-25-54(46-57)76-48-77(67-34-23-22-33-66(67)76)55-41-50(71(4,5)6)39-51(42-55)72(7,8)9;/h16-47H,1-15H3;. The van der Waals surface area contributed by atoms with Gasteiger partial charge in [0, 0.05) is 17.4 Å². The summed E-state index contributed by atoms with van der Waals surface area (Å²) in [5, 5.41) is 0. The third-order valence-electron chi connectivity index (χ3n) is 15.9. The van der Waals surface area contributed by atoms with Gasteiger partial charge in [0.15, 0.2) is 0 Å². The first-order valence-corrected chi connectivity index (χ1v) is 29.6. The topological polar surface area (TPSA) is 38.5 Å². The Bertz CT molecular complexity index is 4040. The number of rotatable bonds is 6. The Labute approximate surface area is 492 Å². The second kappa shape index (κ2) is 20.5. The van der Waals surface area contributed by atoms with Gasteiger partial charge < -0.3 is 4.90 Å². The molecule has 0 bridgehead atoms. The molecule has 0 saturated heterocycles.